The average molecular weight is 378 g/mol. The monoisotopic (exact) mass is 378 g/mol. The van der Waals surface area contributed by atoms with Crippen molar-refractivity contribution in [3.8, 4) is 22.8 Å². The topological polar surface area (TPSA) is 80.2 Å². The summed E-state index contributed by atoms with van der Waals surface area (Å²) in [4.78, 5) is 13.3. The SMILES string of the molecule is CCCC(Nc1cncc(-c2ccc(O)c(OC(C)C)c2)n1)c1cccnc1. The van der Waals surface area contributed by atoms with Gasteiger partial charge in [0.05, 0.1) is 30.2 Å². The van der Waals surface area contributed by atoms with Gasteiger partial charge in [0, 0.05) is 18.0 Å². The largest absolute Gasteiger partial charge is 0.504 e. The zero-order chi connectivity index (χ0) is 19.9. The maximum absolute atomic E-state index is 10.0. The van der Waals surface area contributed by atoms with E-state index in [9.17, 15) is 5.11 Å². The lowest BCUT2D eigenvalue weighted by Crippen LogP contribution is -2.12. The molecule has 1 atom stereocenters. The van der Waals surface area contributed by atoms with Crippen LogP contribution in [0.3, 0.4) is 0 Å². The highest BCUT2D eigenvalue weighted by Gasteiger charge is 2.13. The van der Waals surface area contributed by atoms with Gasteiger partial charge in [0.15, 0.2) is 11.5 Å². The van der Waals surface area contributed by atoms with Crippen LogP contribution in [-0.4, -0.2) is 26.2 Å². The molecule has 0 aliphatic carbocycles. The van der Waals surface area contributed by atoms with Crippen molar-refractivity contribution in [3.05, 3.63) is 60.7 Å². The van der Waals surface area contributed by atoms with E-state index in [1.54, 1.807) is 36.8 Å². The van der Waals surface area contributed by atoms with Gasteiger partial charge in [-0.15, -0.1) is 0 Å². The normalized spacial score (nSPS) is 12.0. The summed E-state index contributed by atoms with van der Waals surface area (Å²) in [7, 11) is 0. The maximum atomic E-state index is 10.0. The Kier molecular flexibility index (Phi) is 6.42. The lowest BCUT2D eigenvalue weighted by atomic mass is 10.0. The van der Waals surface area contributed by atoms with Crippen molar-refractivity contribution < 1.29 is 9.84 Å². The van der Waals surface area contributed by atoms with E-state index in [2.05, 4.69) is 28.3 Å². The minimum atomic E-state index is -0.0329. The summed E-state index contributed by atoms with van der Waals surface area (Å²) >= 11 is 0. The van der Waals surface area contributed by atoms with Gasteiger partial charge < -0.3 is 15.2 Å². The van der Waals surface area contributed by atoms with Crippen LogP contribution >= 0.6 is 0 Å². The zero-order valence-corrected chi connectivity index (χ0v) is 16.5. The average Bonchev–Trinajstić information content (AvgIpc) is 2.70. The van der Waals surface area contributed by atoms with E-state index in [1.807, 2.05) is 26.1 Å². The van der Waals surface area contributed by atoms with E-state index in [-0.39, 0.29) is 17.9 Å². The van der Waals surface area contributed by atoms with Crippen molar-refractivity contribution in [1.29, 1.82) is 0 Å². The molecule has 28 heavy (non-hydrogen) atoms. The standard InChI is InChI=1S/C22H26N4O2/c1-4-6-18(17-7-5-10-23-12-17)25-22-14-24-13-19(26-22)16-8-9-20(27)21(11-16)28-15(2)3/h5,7-15,18,27H,4,6H2,1-3H3,(H,25,26). The van der Waals surface area contributed by atoms with Gasteiger partial charge >= 0.3 is 0 Å². The number of nitrogens with one attached hydrogen (secondary N) is 1. The molecule has 146 valence electrons. The molecule has 6 nitrogen and oxygen atoms in total. The Balaban J connectivity index is 1.86. The minimum Gasteiger partial charge on any atom is -0.504 e. The van der Waals surface area contributed by atoms with E-state index in [0.717, 1.165) is 24.0 Å². The molecule has 1 aromatic carbocycles. The minimum absolute atomic E-state index is 0.0329. The lowest BCUT2D eigenvalue weighted by Gasteiger charge is -2.19. The van der Waals surface area contributed by atoms with Crippen molar-refractivity contribution in [1.82, 2.24) is 15.0 Å². The maximum Gasteiger partial charge on any atom is 0.161 e. The van der Waals surface area contributed by atoms with Crippen molar-refractivity contribution in [2.75, 3.05) is 5.32 Å². The molecule has 0 fully saturated rings. The van der Waals surface area contributed by atoms with Crippen LogP contribution in [-0.2, 0) is 0 Å². The Hall–Kier alpha value is -3.15. The van der Waals surface area contributed by atoms with Gasteiger partial charge in [-0.3, -0.25) is 9.97 Å². The summed E-state index contributed by atoms with van der Waals surface area (Å²) in [6.07, 6.45) is 9.03. The smallest absolute Gasteiger partial charge is 0.161 e. The summed E-state index contributed by atoms with van der Waals surface area (Å²) < 4.78 is 5.67. The Morgan fingerprint density at radius 1 is 1.11 bits per heavy atom. The van der Waals surface area contributed by atoms with Gasteiger partial charge in [0.2, 0.25) is 0 Å². The van der Waals surface area contributed by atoms with Crippen LogP contribution in [0, 0.1) is 0 Å². The van der Waals surface area contributed by atoms with E-state index in [1.165, 1.54) is 0 Å². The number of phenols is 1. The molecular formula is C22H26N4O2. The Morgan fingerprint density at radius 3 is 2.68 bits per heavy atom. The molecule has 6 heteroatoms. The first-order valence-electron chi connectivity index (χ1n) is 9.55. The number of aromatic hydroxyl groups is 1. The van der Waals surface area contributed by atoms with Crippen LogP contribution in [0.4, 0.5) is 5.82 Å². The van der Waals surface area contributed by atoms with E-state index < -0.39 is 0 Å². The van der Waals surface area contributed by atoms with Crippen LogP contribution in [0.25, 0.3) is 11.3 Å². The second kappa shape index (κ2) is 9.17. The molecule has 3 aromatic rings. The molecule has 0 saturated heterocycles. The Morgan fingerprint density at radius 2 is 1.96 bits per heavy atom. The second-order valence-electron chi connectivity index (χ2n) is 6.91. The molecule has 0 amide bonds. The first-order valence-corrected chi connectivity index (χ1v) is 9.55. The second-order valence-corrected chi connectivity index (χ2v) is 6.91. The number of rotatable bonds is 8. The molecule has 0 bridgehead atoms. The summed E-state index contributed by atoms with van der Waals surface area (Å²) in [5.74, 6) is 1.24. The molecule has 0 saturated carbocycles. The van der Waals surface area contributed by atoms with Crippen molar-refractivity contribution >= 4 is 5.82 Å². The summed E-state index contributed by atoms with van der Waals surface area (Å²) in [6.45, 7) is 5.99. The third-order valence-electron chi connectivity index (χ3n) is 4.24. The predicted octanol–water partition coefficient (Wildman–Crippen LogP) is 4.98. The highest BCUT2D eigenvalue weighted by Crippen LogP contribution is 2.32. The van der Waals surface area contributed by atoms with Crippen molar-refractivity contribution in [2.24, 2.45) is 0 Å². The Bertz CT molecular complexity index is 900. The first-order chi connectivity index (χ1) is 13.6. The third-order valence-corrected chi connectivity index (χ3v) is 4.24. The number of pyridine rings is 1. The molecule has 2 N–H and O–H groups in total. The van der Waals surface area contributed by atoms with E-state index in [4.69, 9.17) is 9.72 Å². The number of ether oxygens (including phenoxy) is 1. The van der Waals surface area contributed by atoms with E-state index in [0.29, 0.717) is 17.3 Å². The fraction of sp³-hybridized carbons (Fsp3) is 0.318. The molecule has 0 spiro atoms. The summed E-state index contributed by atoms with van der Waals surface area (Å²) in [6, 6.07) is 9.32. The number of anilines is 1. The first kappa shape index (κ1) is 19.6. The number of benzene rings is 1. The number of hydrogen-bond donors (Lipinski definition) is 2. The van der Waals surface area contributed by atoms with Crippen LogP contribution in [0.15, 0.2) is 55.1 Å². The van der Waals surface area contributed by atoms with E-state index >= 15 is 0 Å². The number of phenolic OH excluding ortho intramolecular Hbond substituents is 1. The quantitative estimate of drug-likeness (QED) is 0.575. The van der Waals surface area contributed by atoms with Crippen molar-refractivity contribution in [3.63, 3.8) is 0 Å². The highest BCUT2D eigenvalue weighted by atomic mass is 16.5. The number of nitrogens with zero attached hydrogens (tertiary/aromatic N) is 3. The number of hydrogen-bond acceptors (Lipinski definition) is 6. The Labute approximate surface area is 165 Å². The third kappa shape index (κ3) is 4.97. The van der Waals surface area contributed by atoms with Gasteiger partial charge in [-0.05, 0) is 50.1 Å². The van der Waals surface area contributed by atoms with Gasteiger partial charge in [-0.2, -0.15) is 0 Å². The molecule has 0 radical (unpaired) electrons. The zero-order valence-electron chi connectivity index (χ0n) is 16.5. The van der Waals surface area contributed by atoms with Crippen LogP contribution in [0.2, 0.25) is 0 Å². The van der Waals surface area contributed by atoms with Gasteiger partial charge in [0.1, 0.15) is 5.82 Å². The van der Waals surface area contributed by atoms with Gasteiger partial charge in [0.25, 0.3) is 0 Å². The van der Waals surface area contributed by atoms with Gasteiger partial charge in [-0.25, -0.2) is 4.98 Å². The number of aromatic nitrogens is 3. The predicted molar refractivity (Wildman–Crippen MR) is 110 cm³/mol. The van der Waals surface area contributed by atoms with Crippen LogP contribution in [0.5, 0.6) is 11.5 Å². The molecule has 0 aliphatic heterocycles. The van der Waals surface area contributed by atoms with Gasteiger partial charge in [-0.1, -0.05) is 19.4 Å². The summed E-state index contributed by atoms with van der Waals surface area (Å²) in [5, 5.41) is 13.5. The molecular weight excluding hydrogens is 352 g/mol. The molecule has 2 heterocycles. The molecule has 3 rings (SSSR count). The van der Waals surface area contributed by atoms with Crippen LogP contribution in [0.1, 0.15) is 45.2 Å². The fourth-order valence-corrected chi connectivity index (χ4v) is 2.97. The molecule has 1 unspecified atom stereocenters. The summed E-state index contributed by atoms with van der Waals surface area (Å²) in [5.41, 5.74) is 2.66. The fourth-order valence-electron chi connectivity index (χ4n) is 2.97. The van der Waals surface area contributed by atoms with Crippen LogP contribution < -0.4 is 10.1 Å². The highest BCUT2D eigenvalue weighted by molar-refractivity contribution is 5.64. The molecule has 2 aromatic heterocycles. The molecule has 0 aliphatic rings. The van der Waals surface area contributed by atoms with Crippen molar-refractivity contribution in [2.45, 2.75) is 45.8 Å². The lowest BCUT2D eigenvalue weighted by molar-refractivity contribution is 0.232.